The lowest BCUT2D eigenvalue weighted by atomic mass is 10.0. The van der Waals surface area contributed by atoms with E-state index in [1.54, 1.807) is 6.07 Å². The van der Waals surface area contributed by atoms with E-state index in [2.05, 4.69) is 36.1 Å². The quantitative estimate of drug-likeness (QED) is 0.854. The van der Waals surface area contributed by atoms with E-state index in [1.807, 2.05) is 0 Å². The normalized spacial score (nSPS) is 23.6. The highest BCUT2D eigenvalue weighted by Gasteiger charge is 2.23. The third kappa shape index (κ3) is 3.33. The maximum Gasteiger partial charge on any atom is 0.135 e. The van der Waals surface area contributed by atoms with Crippen molar-refractivity contribution in [3.63, 3.8) is 0 Å². The molecule has 2 unspecified atom stereocenters. The van der Waals surface area contributed by atoms with Gasteiger partial charge in [0, 0.05) is 31.1 Å². The molecule has 0 bridgehead atoms. The summed E-state index contributed by atoms with van der Waals surface area (Å²) in [7, 11) is 0. The molecule has 1 aromatic rings. The van der Waals surface area contributed by atoms with Crippen LogP contribution in [0, 0.1) is 5.92 Å². The highest BCUT2D eigenvalue weighted by atomic mass is 35.5. The van der Waals surface area contributed by atoms with Crippen LogP contribution in [0.2, 0.25) is 5.15 Å². The minimum absolute atomic E-state index is 0.276. The lowest BCUT2D eigenvalue weighted by Crippen LogP contribution is -2.21. The van der Waals surface area contributed by atoms with E-state index < -0.39 is 0 Å². The molecule has 5 heteroatoms. The van der Waals surface area contributed by atoms with Gasteiger partial charge in [-0.2, -0.15) is 0 Å². The second-order valence-electron chi connectivity index (χ2n) is 5.09. The first-order valence-corrected chi connectivity index (χ1v) is 6.84. The number of hydrogen-bond acceptors (Lipinski definition) is 4. The van der Waals surface area contributed by atoms with Gasteiger partial charge in [-0.3, -0.25) is 0 Å². The second kappa shape index (κ2) is 5.85. The molecule has 1 N–H and O–H groups in total. The van der Waals surface area contributed by atoms with Gasteiger partial charge in [0.2, 0.25) is 0 Å². The molecule has 100 valence electrons. The highest BCUT2D eigenvalue weighted by molar-refractivity contribution is 6.29. The molecule has 2 heterocycles. The van der Waals surface area contributed by atoms with Crippen molar-refractivity contribution < 1.29 is 4.74 Å². The first kappa shape index (κ1) is 13.6. The van der Waals surface area contributed by atoms with Crippen LogP contribution in [0.25, 0.3) is 0 Å². The third-order valence-electron chi connectivity index (χ3n) is 3.31. The number of halogens is 1. The largest absolute Gasteiger partial charge is 0.378 e. The van der Waals surface area contributed by atoms with Crippen molar-refractivity contribution in [2.24, 2.45) is 5.92 Å². The molecule has 18 heavy (non-hydrogen) atoms. The SMILES string of the molecule is CC(C)c1nc(Cl)cc(NCC2CCOC2C)n1. The maximum atomic E-state index is 6.00. The molecule has 1 aliphatic rings. The van der Waals surface area contributed by atoms with E-state index in [0.29, 0.717) is 17.2 Å². The summed E-state index contributed by atoms with van der Waals surface area (Å²) in [5.41, 5.74) is 0. The number of hydrogen-bond donors (Lipinski definition) is 1. The predicted octanol–water partition coefficient (Wildman–Crippen LogP) is 3.09. The minimum atomic E-state index is 0.276. The molecule has 0 radical (unpaired) electrons. The van der Waals surface area contributed by atoms with Gasteiger partial charge in [0.1, 0.15) is 16.8 Å². The van der Waals surface area contributed by atoms with Gasteiger partial charge >= 0.3 is 0 Å². The first-order chi connectivity index (χ1) is 8.56. The van der Waals surface area contributed by atoms with Gasteiger partial charge in [-0.1, -0.05) is 25.4 Å². The van der Waals surface area contributed by atoms with Gasteiger partial charge < -0.3 is 10.1 Å². The Hall–Kier alpha value is -0.870. The van der Waals surface area contributed by atoms with Crippen LogP contribution in [0.4, 0.5) is 5.82 Å². The van der Waals surface area contributed by atoms with Crippen LogP contribution in [-0.4, -0.2) is 29.2 Å². The summed E-state index contributed by atoms with van der Waals surface area (Å²) in [4.78, 5) is 8.69. The zero-order chi connectivity index (χ0) is 13.1. The molecule has 0 saturated carbocycles. The van der Waals surface area contributed by atoms with Gasteiger partial charge in [-0.05, 0) is 13.3 Å². The van der Waals surface area contributed by atoms with Gasteiger partial charge in [-0.25, -0.2) is 9.97 Å². The molecule has 2 rings (SSSR count). The summed E-state index contributed by atoms with van der Waals surface area (Å²) in [6, 6.07) is 1.77. The zero-order valence-corrected chi connectivity index (χ0v) is 11.9. The third-order valence-corrected chi connectivity index (χ3v) is 3.50. The van der Waals surface area contributed by atoms with E-state index in [-0.39, 0.29) is 5.92 Å². The van der Waals surface area contributed by atoms with Gasteiger partial charge in [0.15, 0.2) is 0 Å². The molecule has 0 aliphatic carbocycles. The molecular formula is C13H20ClN3O. The number of rotatable bonds is 4. The second-order valence-corrected chi connectivity index (χ2v) is 5.48. The van der Waals surface area contributed by atoms with Gasteiger partial charge in [0.05, 0.1) is 6.10 Å². The van der Waals surface area contributed by atoms with E-state index in [4.69, 9.17) is 16.3 Å². The van der Waals surface area contributed by atoms with Gasteiger partial charge in [0.25, 0.3) is 0 Å². The molecule has 0 amide bonds. The fraction of sp³-hybridized carbons (Fsp3) is 0.692. The Kier molecular flexibility index (Phi) is 4.40. The topological polar surface area (TPSA) is 47.0 Å². The number of aromatic nitrogens is 2. The van der Waals surface area contributed by atoms with Crippen LogP contribution in [-0.2, 0) is 4.74 Å². The van der Waals surface area contributed by atoms with Crippen molar-refractivity contribution in [3.8, 4) is 0 Å². The van der Waals surface area contributed by atoms with E-state index in [1.165, 1.54) is 0 Å². The van der Waals surface area contributed by atoms with E-state index in [0.717, 1.165) is 31.2 Å². The Morgan fingerprint density at radius 2 is 2.28 bits per heavy atom. The number of anilines is 1. The molecule has 1 fully saturated rings. The predicted molar refractivity (Wildman–Crippen MR) is 73.1 cm³/mol. The summed E-state index contributed by atoms with van der Waals surface area (Å²) in [5, 5.41) is 3.83. The molecule has 1 aromatic heterocycles. The average Bonchev–Trinajstić information content (AvgIpc) is 2.71. The number of nitrogens with one attached hydrogen (secondary N) is 1. The minimum Gasteiger partial charge on any atom is -0.378 e. The van der Waals surface area contributed by atoms with Crippen LogP contribution < -0.4 is 5.32 Å². The Balaban J connectivity index is 2.00. The van der Waals surface area contributed by atoms with Crippen molar-refractivity contribution in [2.45, 2.75) is 39.2 Å². The lowest BCUT2D eigenvalue weighted by molar-refractivity contribution is 0.108. The smallest absolute Gasteiger partial charge is 0.135 e. The lowest BCUT2D eigenvalue weighted by Gasteiger charge is -2.16. The Labute approximate surface area is 113 Å². The molecule has 0 spiro atoms. The highest BCUT2D eigenvalue weighted by Crippen LogP contribution is 2.22. The number of nitrogens with zero attached hydrogens (tertiary/aromatic N) is 2. The Bertz CT molecular complexity index is 411. The summed E-state index contributed by atoms with van der Waals surface area (Å²) in [6.07, 6.45) is 1.42. The molecule has 1 saturated heterocycles. The van der Waals surface area contributed by atoms with Gasteiger partial charge in [-0.15, -0.1) is 0 Å². The van der Waals surface area contributed by atoms with Crippen LogP contribution >= 0.6 is 11.6 Å². The van der Waals surface area contributed by atoms with Crippen LogP contribution in [0.3, 0.4) is 0 Å². The molecular weight excluding hydrogens is 250 g/mol. The van der Waals surface area contributed by atoms with Crippen molar-refractivity contribution in [2.75, 3.05) is 18.5 Å². The zero-order valence-electron chi connectivity index (χ0n) is 11.1. The summed E-state index contributed by atoms with van der Waals surface area (Å²) >= 11 is 6.00. The standard InChI is InChI=1S/C13H20ClN3O/c1-8(2)13-16-11(14)6-12(17-13)15-7-10-4-5-18-9(10)3/h6,8-10H,4-5,7H2,1-3H3,(H,15,16,17). The molecule has 4 nitrogen and oxygen atoms in total. The number of ether oxygens (including phenoxy) is 1. The van der Waals surface area contributed by atoms with Crippen LogP contribution in [0.15, 0.2) is 6.07 Å². The van der Waals surface area contributed by atoms with Crippen LogP contribution in [0.1, 0.15) is 38.9 Å². The summed E-state index contributed by atoms with van der Waals surface area (Å²) in [6.45, 7) is 7.96. The maximum absolute atomic E-state index is 6.00. The summed E-state index contributed by atoms with van der Waals surface area (Å²) < 4.78 is 5.54. The monoisotopic (exact) mass is 269 g/mol. The first-order valence-electron chi connectivity index (χ1n) is 6.46. The summed E-state index contributed by atoms with van der Waals surface area (Å²) in [5.74, 6) is 2.40. The molecule has 1 aliphatic heterocycles. The Morgan fingerprint density at radius 3 is 2.89 bits per heavy atom. The fourth-order valence-corrected chi connectivity index (χ4v) is 2.25. The van der Waals surface area contributed by atoms with Crippen LogP contribution in [0.5, 0.6) is 0 Å². The Morgan fingerprint density at radius 1 is 1.50 bits per heavy atom. The molecule has 0 aromatic carbocycles. The fourth-order valence-electron chi connectivity index (χ4n) is 2.06. The van der Waals surface area contributed by atoms with Crippen molar-refractivity contribution in [3.05, 3.63) is 17.0 Å². The van der Waals surface area contributed by atoms with Crippen molar-refractivity contribution in [1.82, 2.24) is 9.97 Å². The average molecular weight is 270 g/mol. The van der Waals surface area contributed by atoms with E-state index >= 15 is 0 Å². The van der Waals surface area contributed by atoms with Crippen molar-refractivity contribution >= 4 is 17.4 Å². The van der Waals surface area contributed by atoms with E-state index in [9.17, 15) is 0 Å². The molecule has 2 atom stereocenters. The van der Waals surface area contributed by atoms with Crippen molar-refractivity contribution in [1.29, 1.82) is 0 Å².